The van der Waals surface area contributed by atoms with E-state index in [-0.39, 0.29) is 37.0 Å². The van der Waals surface area contributed by atoms with Gasteiger partial charge >= 0.3 is 12.4 Å². The van der Waals surface area contributed by atoms with Gasteiger partial charge in [0.15, 0.2) is 0 Å². The number of rotatable bonds is 7. The molecule has 3 aromatic carbocycles. The van der Waals surface area contributed by atoms with Crippen molar-refractivity contribution in [2.75, 3.05) is 38.0 Å². The van der Waals surface area contributed by atoms with Crippen molar-refractivity contribution in [1.82, 2.24) is 15.1 Å². The van der Waals surface area contributed by atoms with Crippen LogP contribution in [-0.2, 0) is 23.6 Å². The van der Waals surface area contributed by atoms with Crippen LogP contribution < -0.4 is 10.6 Å². The number of nitrogens with zero attached hydrogens (tertiary/aromatic N) is 2. The first-order chi connectivity index (χ1) is 22.2. The maximum Gasteiger partial charge on any atom is 0.416 e. The molecule has 0 radical (unpaired) electrons. The highest BCUT2D eigenvalue weighted by molar-refractivity contribution is 5.95. The molecule has 0 bridgehead atoms. The van der Waals surface area contributed by atoms with E-state index < -0.39 is 41.0 Å². The summed E-state index contributed by atoms with van der Waals surface area (Å²) >= 11 is 0. The van der Waals surface area contributed by atoms with Crippen molar-refractivity contribution in [3.05, 3.63) is 100 Å². The van der Waals surface area contributed by atoms with Gasteiger partial charge in [-0.2, -0.15) is 26.3 Å². The Hall–Kier alpha value is -3.90. The van der Waals surface area contributed by atoms with Gasteiger partial charge in [-0.1, -0.05) is 48.5 Å². The molecule has 0 aliphatic carbocycles. The third-order valence-electron chi connectivity index (χ3n) is 9.20. The number of carbonyl (C=O) groups excluding carboxylic acids is 2. The Morgan fingerprint density at radius 2 is 1.51 bits per heavy atom. The van der Waals surface area contributed by atoms with Gasteiger partial charge in [0, 0.05) is 49.5 Å². The number of alkyl halides is 6. The predicted molar refractivity (Wildman–Crippen MR) is 167 cm³/mol. The van der Waals surface area contributed by atoms with Gasteiger partial charge in [-0.15, -0.1) is 0 Å². The van der Waals surface area contributed by atoms with Crippen LogP contribution in [-0.4, -0.2) is 66.4 Å². The molecule has 2 aliphatic rings. The zero-order valence-electron chi connectivity index (χ0n) is 26.2. The van der Waals surface area contributed by atoms with Crippen LogP contribution in [0, 0.1) is 19.8 Å². The molecule has 6 nitrogen and oxygen atoms in total. The van der Waals surface area contributed by atoms with Gasteiger partial charge in [-0.25, -0.2) is 0 Å². The first-order valence-electron chi connectivity index (χ1n) is 15.7. The monoisotopic (exact) mass is 660 g/mol. The fourth-order valence-electron chi connectivity index (χ4n) is 6.83. The molecule has 5 rings (SSSR count). The summed E-state index contributed by atoms with van der Waals surface area (Å²) in [6.07, 6.45) is -8.80. The van der Waals surface area contributed by atoms with E-state index in [1.165, 1.54) is 4.90 Å². The number of likely N-dealkylation sites (tertiary alicyclic amines) is 1. The number of anilines is 1. The second-order valence-corrected chi connectivity index (χ2v) is 12.5. The standard InChI is InChI=1S/C35H38F6N4O2/c1-22-7-6-8-23(2)32(22)43-31(46)21-44-14-12-42-20-30(44)25-11-13-45(29(18-25)15-24-9-4-3-5-10-24)33(47)26-16-27(34(36,37)38)19-28(17-26)35(39,40)41/h3-10,16-17,19,25,29-30,42H,11-15,18,20-21H2,1-2H3,(H,43,46). The number of aryl methyl sites for hydroxylation is 2. The zero-order chi connectivity index (χ0) is 33.9. The van der Waals surface area contributed by atoms with Crippen molar-refractivity contribution >= 4 is 17.5 Å². The fraction of sp³-hybridized carbons (Fsp3) is 0.429. The van der Waals surface area contributed by atoms with Crippen LogP contribution in [0.1, 0.15) is 51.0 Å². The normalized spacial score (nSPS) is 21.0. The Bertz CT molecular complexity index is 1520. The van der Waals surface area contributed by atoms with Crippen LogP contribution in [0.4, 0.5) is 32.0 Å². The van der Waals surface area contributed by atoms with Crippen LogP contribution >= 0.6 is 0 Å². The Kier molecular flexibility index (Phi) is 10.3. The predicted octanol–water partition coefficient (Wildman–Crippen LogP) is 6.72. The summed E-state index contributed by atoms with van der Waals surface area (Å²) in [6.45, 7) is 6.09. The van der Waals surface area contributed by atoms with E-state index in [4.69, 9.17) is 0 Å². The van der Waals surface area contributed by atoms with Crippen LogP contribution in [0.25, 0.3) is 0 Å². The molecule has 0 aromatic heterocycles. The maximum absolute atomic E-state index is 13.8. The van der Waals surface area contributed by atoms with Gasteiger partial charge in [0.2, 0.25) is 5.91 Å². The number of piperazine rings is 1. The summed E-state index contributed by atoms with van der Waals surface area (Å²) in [5.74, 6) is -0.999. The van der Waals surface area contributed by atoms with E-state index in [1.54, 1.807) is 0 Å². The van der Waals surface area contributed by atoms with Crippen molar-refractivity contribution < 1.29 is 35.9 Å². The Morgan fingerprint density at radius 3 is 2.13 bits per heavy atom. The molecule has 2 fully saturated rings. The Balaban J connectivity index is 1.39. The van der Waals surface area contributed by atoms with Gasteiger partial charge in [0.25, 0.3) is 5.91 Å². The van der Waals surface area contributed by atoms with Crippen LogP contribution in [0.2, 0.25) is 0 Å². The summed E-state index contributed by atoms with van der Waals surface area (Å²) in [7, 11) is 0. The van der Waals surface area contributed by atoms with Crippen LogP contribution in [0.15, 0.2) is 66.7 Å². The highest BCUT2D eigenvalue weighted by Crippen LogP contribution is 2.38. The number of piperidine rings is 1. The first-order valence-corrected chi connectivity index (χ1v) is 15.7. The summed E-state index contributed by atoms with van der Waals surface area (Å²) in [6, 6.07) is 15.6. The number of hydrogen-bond donors (Lipinski definition) is 2. The molecule has 2 heterocycles. The fourth-order valence-corrected chi connectivity index (χ4v) is 6.83. The van der Waals surface area contributed by atoms with E-state index in [1.807, 2.05) is 62.4 Å². The average Bonchev–Trinajstić information content (AvgIpc) is 3.02. The number of para-hydroxylation sites is 1. The largest absolute Gasteiger partial charge is 0.416 e. The Morgan fingerprint density at radius 1 is 0.872 bits per heavy atom. The molecule has 47 heavy (non-hydrogen) atoms. The van der Waals surface area contributed by atoms with Gasteiger partial charge < -0.3 is 15.5 Å². The highest BCUT2D eigenvalue weighted by atomic mass is 19.4. The third-order valence-corrected chi connectivity index (χ3v) is 9.20. The van der Waals surface area contributed by atoms with Crippen molar-refractivity contribution in [1.29, 1.82) is 0 Å². The lowest BCUT2D eigenvalue weighted by molar-refractivity contribution is -0.143. The summed E-state index contributed by atoms with van der Waals surface area (Å²) in [5.41, 5.74) is -0.0997. The number of nitrogens with one attached hydrogen (secondary N) is 2. The molecule has 2 saturated heterocycles. The topological polar surface area (TPSA) is 64.7 Å². The Labute approximate surface area is 270 Å². The zero-order valence-corrected chi connectivity index (χ0v) is 26.2. The lowest BCUT2D eigenvalue weighted by Gasteiger charge is -2.46. The van der Waals surface area contributed by atoms with E-state index in [9.17, 15) is 35.9 Å². The molecule has 2 N–H and O–H groups in total. The molecular weight excluding hydrogens is 622 g/mol. The summed E-state index contributed by atoms with van der Waals surface area (Å²) in [4.78, 5) is 30.6. The van der Waals surface area contributed by atoms with Crippen molar-refractivity contribution in [2.24, 2.45) is 5.92 Å². The molecule has 3 unspecified atom stereocenters. The molecule has 12 heteroatoms. The van der Waals surface area contributed by atoms with Crippen molar-refractivity contribution in [3.63, 3.8) is 0 Å². The quantitative estimate of drug-likeness (QED) is 0.277. The number of hydrogen-bond acceptors (Lipinski definition) is 4. The van der Waals surface area contributed by atoms with E-state index in [0.717, 1.165) is 22.4 Å². The van der Waals surface area contributed by atoms with E-state index in [2.05, 4.69) is 15.5 Å². The second kappa shape index (κ2) is 14.1. The maximum atomic E-state index is 13.8. The van der Waals surface area contributed by atoms with Crippen molar-refractivity contribution in [2.45, 2.75) is 57.5 Å². The number of amides is 2. The molecule has 2 amide bonds. The molecule has 3 atom stereocenters. The first kappa shape index (κ1) is 34.4. The SMILES string of the molecule is Cc1cccc(C)c1NC(=O)CN1CCNCC1C1CCN(C(=O)c2cc(C(F)(F)F)cc(C(F)(F)F)c2)C(Cc2ccccc2)C1. The molecule has 3 aromatic rings. The second-order valence-electron chi connectivity index (χ2n) is 12.5. The van der Waals surface area contributed by atoms with Gasteiger partial charge in [0.05, 0.1) is 17.7 Å². The van der Waals surface area contributed by atoms with Gasteiger partial charge in [-0.05, 0) is 73.9 Å². The van der Waals surface area contributed by atoms with E-state index >= 15 is 0 Å². The third kappa shape index (κ3) is 8.34. The lowest BCUT2D eigenvalue weighted by Crippen LogP contribution is -2.59. The van der Waals surface area contributed by atoms with Crippen LogP contribution in [0.5, 0.6) is 0 Å². The minimum Gasteiger partial charge on any atom is -0.335 e. The number of benzene rings is 3. The molecular formula is C35H38F6N4O2. The molecule has 252 valence electrons. The summed E-state index contributed by atoms with van der Waals surface area (Å²) in [5, 5.41) is 6.45. The van der Waals surface area contributed by atoms with E-state index in [0.29, 0.717) is 51.0 Å². The van der Waals surface area contributed by atoms with Gasteiger partial charge in [-0.3, -0.25) is 14.5 Å². The van der Waals surface area contributed by atoms with Gasteiger partial charge in [0.1, 0.15) is 0 Å². The number of halogens is 6. The summed E-state index contributed by atoms with van der Waals surface area (Å²) < 4.78 is 81.7. The minimum atomic E-state index is -5.06. The molecule has 0 saturated carbocycles. The lowest BCUT2D eigenvalue weighted by atomic mass is 9.81. The highest BCUT2D eigenvalue weighted by Gasteiger charge is 2.41. The van der Waals surface area contributed by atoms with Crippen LogP contribution in [0.3, 0.4) is 0 Å². The number of carbonyl (C=O) groups is 2. The smallest absolute Gasteiger partial charge is 0.335 e. The molecule has 0 spiro atoms. The minimum absolute atomic E-state index is 0.0146. The van der Waals surface area contributed by atoms with Crippen molar-refractivity contribution in [3.8, 4) is 0 Å². The average molecular weight is 661 g/mol. The molecule has 2 aliphatic heterocycles.